The van der Waals surface area contributed by atoms with Gasteiger partial charge in [0.2, 0.25) is 0 Å². The second kappa shape index (κ2) is 8.97. The molecule has 0 aliphatic heterocycles. The van der Waals surface area contributed by atoms with Gasteiger partial charge in [-0.15, -0.1) is 0 Å². The van der Waals surface area contributed by atoms with Crippen LogP contribution in [0, 0.1) is 11.3 Å². The van der Waals surface area contributed by atoms with E-state index in [9.17, 15) is 10.0 Å². The first kappa shape index (κ1) is 22.4. The molecule has 5 nitrogen and oxygen atoms in total. The maximum Gasteiger partial charge on any atom is 0.311 e. The second-order valence-electron chi connectivity index (χ2n) is 9.63. The van der Waals surface area contributed by atoms with Crippen molar-refractivity contribution in [1.29, 1.82) is 0 Å². The van der Waals surface area contributed by atoms with Crippen LogP contribution >= 0.6 is 0 Å². The molecule has 2 aliphatic carbocycles. The second-order valence-corrected chi connectivity index (χ2v) is 9.63. The van der Waals surface area contributed by atoms with Crippen LogP contribution in [0.15, 0.2) is 53.7 Å². The van der Waals surface area contributed by atoms with Gasteiger partial charge < -0.3 is 14.7 Å². The highest BCUT2D eigenvalue weighted by molar-refractivity contribution is 6.04. The number of hydrogen-bond donors (Lipinski definition) is 1. The zero-order chi connectivity index (χ0) is 22.8. The fourth-order valence-corrected chi connectivity index (χ4v) is 5.97. The number of rotatable bonds is 6. The molecule has 1 saturated carbocycles. The van der Waals surface area contributed by atoms with Crippen LogP contribution in [0.5, 0.6) is 5.75 Å². The Balaban J connectivity index is 1.58. The van der Waals surface area contributed by atoms with Crippen molar-refractivity contribution in [2.24, 2.45) is 16.5 Å². The molecule has 5 heteroatoms. The molecular formula is C27H33NO4. The van der Waals surface area contributed by atoms with Crippen molar-refractivity contribution in [2.75, 3.05) is 13.7 Å². The Kier molecular flexibility index (Phi) is 6.27. The van der Waals surface area contributed by atoms with Gasteiger partial charge in [0, 0.05) is 5.56 Å². The van der Waals surface area contributed by atoms with Gasteiger partial charge in [-0.05, 0) is 79.7 Å². The lowest BCUT2D eigenvalue weighted by Gasteiger charge is -2.53. The summed E-state index contributed by atoms with van der Waals surface area (Å²) >= 11 is 0. The van der Waals surface area contributed by atoms with Gasteiger partial charge in [-0.3, -0.25) is 4.79 Å². The van der Waals surface area contributed by atoms with Gasteiger partial charge in [0.1, 0.15) is 5.75 Å². The normalized spacial score (nSPS) is 28.0. The van der Waals surface area contributed by atoms with Gasteiger partial charge >= 0.3 is 5.97 Å². The van der Waals surface area contributed by atoms with Crippen molar-refractivity contribution in [3.63, 3.8) is 0 Å². The van der Waals surface area contributed by atoms with Crippen LogP contribution in [0.2, 0.25) is 0 Å². The van der Waals surface area contributed by atoms with Crippen LogP contribution in [0.4, 0.5) is 0 Å². The highest BCUT2D eigenvalue weighted by Crippen LogP contribution is 2.58. The largest absolute Gasteiger partial charge is 0.494 e. The van der Waals surface area contributed by atoms with E-state index < -0.39 is 5.41 Å². The molecule has 2 aromatic carbocycles. The third-order valence-electron chi connectivity index (χ3n) is 7.74. The van der Waals surface area contributed by atoms with E-state index in [1.807, 2.05) is 25.1 Å². The minimum atomic E-state index is -0.609. The predicted molar refractivity (Wildman–Crippen MR) is 124 cm³/mol. The van der Waals surface area contributed by atoms with Crippen LogP contribution in [-0.4, -0.2) is 30.6 Å². The van der Waals surface area contributed by atoms with Crippen LogP contribution in [-0.2, 0) is 21.4 Å². The monoisotopic (exact) mass is 435 g/mol. The Morgan fingerprint density at radius 3 is 2.66 bits per heavy atom. The number of ether oxygens (including phenoxy) is 2. The molecule has 3 atom stereocenters. The highest BCUT2D eigenvalue weighted by Gasteiger charge is 2.57. The summed E-state index contributed by atoms with van der Waals surface area (Å²) in [6.45, 7) is 4.88. The zero-order valence-corrected chi connectivity index (χ0v) is 19.3. The molecule has 1 N–H and O–H groups in total. The molecule has 0 aromatic heterocycles. The van der Waals surface area contributed by atoms with Crippen molar-refractivity contribution < 1.29 is 19.5 Å². The average Bonchev–Trinajstić information content (AvgIpc) is 2.82. The molecule has 2 aromatic rings. The molecule has 170 valence electrons. The van der Waals surface area contributed by atoms with Crippen LogP contribution in [0.3, 0.4) is 0 Å². The molecule has 0 bridgehead atoms. The SMILES string of the molecule is COC(=O)[C@@]1(C)CCC[C@]2(C)c3cc(OCCCc4ccccc4)ccc3C(=NO)C[C@@H]12. The lowest BCUT2D eigenvalue weighted by Crippen LogP contribution is -2.53. The lowest BCUT2D eigenvalue weighted by molar-refractivity contribution is -0.160. The number of carbonyl (C=O) groups excluding carboxylic acids is 1. The average molecular weight is 436 g/mol. The van der Waals surface area contributed by atoms with Crippen LogP contribution < -0.4 is 4.74 Å². The molecule has 0 heterocycles. The first-order valence-corrected chi connectivity index (χ1v) is 11.5. The zero-order valence-electron chi connectivity index (χ0n) is 19.3. The number of hydrogen-bond acceptors (Lipinski definition) is 5. The topological polar surface area (TPSA) is 68.1 Å². The number of aryl methyl sites for hydroxylation is 1. The molecule has 0 unspecified atom stereocenters. The number of esters is 1. The van der Waals surface area contributed by atoms with E-state index in [-0.39, 0.29) is 17.3 Å². The number of carbonyl (C=O) groups is 1. The van der Waals surface area contributed by atoms with Gasteiger partial charge in [-0.2, -0.15) is 0 Å². The highest BCUT2D eigenvalue weighted by atomic mass is 16.5. The van der Waals surface area contributed by atoms with Crippen molar-refractivity contribution in [2.45, 2.75) is 57.8 Å². The fourth-order valence-electron chi connectivity index (χ4n) is 5.97. The smallest absolute Gasteiger partial charge is 0.311 e. The molecule has 0 spiro atoms. The Morgan fingerprint density at radius 2 is 1.94 bits per heavy atom. The van der Waals surface area contributed by atoms with Crippen molar-refractivity contribution in [3.05, 3.63) is 65.2 Å². The maximum atomic E-state index is 12.8. The predicted octanol–water partition coefficient (Wildman–Crippen LogP) is 5.52. The van der Waals surface area contributed by atoms with Gasteiger partial charge in [0.15, 0.2) is 0 Å². The fraction of sp³-hybridized carbons (Fsp3) is 0.481. The quantitative estimate of drug-likeness (QED) is 0.281. The van der Waals surface area contributed by atoms with Gasteiger partial charge in [-0.25, -0.2) is 0 Å². The number of benzene rings is 2. The minimum absolute atomic E-state index is 0.00271. The summed E-state index contributed by atoms with van der Waals surface area (Å²) in [6.07, 6.45) is 5.18. The molecule has 0 saturated heterocycles. The van der Waals surface area contributed by atoms with E-state index >= 15 is 0 Å². The first-order valence-electron chi connectivity index (χ1n) is 11.5. The minimum Gasteiger partial charge on any atom is -0.494 e. The summed E-state index contributed by atoms with van der Waals surface area (Å²) in [5, 5.41) is 13.4. The summed E-state index contributed by atoms with van der Waals surface area (Å²) in [7, 11) is 1.46. The van der Waals surface area contributed by atoms with Crippen molar-refractivity contribution in [1.82, 2.24) is 0 Å². The summed E-state index contributed by atoms with van der Waals surface area (Å²) < 4.78 is 11.3. The van der Waals surface area contributed by atoms with Crippen molar-refractivity contribution >= 4 is 11.7 Å². The van der Waals surface area contributed by atoms with E-state index in [2.05, 4.69) is 42.4 Å². The van der Waals surface area contributed by atoms with E-state index in [0.717, 1.165) is 49.0 Å². The maximum absolute atomic E-state index is 12.8. The van der Waals surface area contributed by atoms with Crippen LogP contribution in [0.1, 0.15) is 62.6 Å². The van der Waals surface area contributed by atoms with E-state index in [0.29, 0.717) is 18.7 Å². The summed E-state index contributed by atoms with van der Waals surface area (Å²) in [5.74, 6) is 0.645. The molecule has 32 heavy (non-hydrogen) atoms. The van der Waals surface area contributed by atoms with E-state index in [1.54, 1.807) is 0 Å². The third-order valence-corrected chi connectivity index (χ3v) is 7.74. The summed E-state index contributed by atoms with van der Waals surface area (Å²) in [6, 6.07) is 16.5. The summed E-state index contributed by atoms with van der Waals surface area (Å²) in [4.78, 5) is 12.8. The molecule has 0 amide bonds. The Bertz CT molecular complexity index is 1000. The van der Waals surface area contributed by atoms with E-state index in [4.69, 9.17) is 9.47 Å². The molecule has 4 rings (SSSR count). The number of fused-ring (bicyclic) bond motifs is 3. The van der Waals surface area contributed by atoms with Gasteiger partial charge in [0.05, 0.1) is 24.8 Å². The van der Waals surface area contributed by atoms with Crippen molar-refractivity contribution in [3.8, 4) is 5.75 Å². The van der Waals surface area contributed by atoms with Gasteiger partial charge in [-0.1, -0.05) is 48.8 Å². The van der Waals surface area contributed by atoms with Gasteiger partial charge in [0.25, 0.3) is 0 Å². The lowest BCUT2D eigenvalue weighted by atomic mass is 9.49. The molecule has 2 aliphatic rings. The van der Waals surface area contributed by atoms with Crippen LogP contribution in [0.25, 0.3) is 0 Å². The number of methoxy groups -OCH3 is 1. The van der Waals surface area contributed by atoms with E-state index in [1.165, 1.54) is 12.7 Å². The third kappa shape index (κ3) is 3.89. The Labute approximate surface area is 190 Å². The number of oxime groups is 1. The molecular weight excluding hydrogens is 402 g/mol. The first-order chi connectivity index (χ1) is 15.4. The summed E-state index contributed by atoms with van der Waals surface area (Å²) in [5.41, 5.74) is 3.19. The number of nitrogens with zero attached hydrogens (tertiary/aromatic N) is 1. The standard InChI is InChI=1S/C27H33NO4/c1-26-14-8-15-27(2,25(29)31-3)24(26)18-23(28-30)21-13-12-20(17-22(21)26)32-16-7-11-19-9-5-4-6-10-19/h4-6,9-10,12-13,17,24,30H,7-8,11,14-16,18H2,1-3H3/t24-,26-,27+/m1/s1. The Morgan fingerprint density at radius 1 is 1.16 bits per heavy atom. The molecule has 1 fully saturated rings. The Hall–Kier alpha value is -2.82. The molecule has 0 radical (unpaired) electrons.